The summed E-state index contributed by atoms with van der Waals surface area (Å²) < 4.78 is 2.62. The Morgan fingerprint density at radius 3 is 2.22 bits per heavy atom. The molecule has 0 saturated heterocycles. The van der Waals surface area contributed by atoms with E-state index in [2.05, 4.69) is 28.9 Å². The predicted octanol–water partition coefficient (Wildman–Crippen LogP) is -0.785. The van der Waals surface area contributed by atoms with E-state index in [4.69, 9.17) is 15.3 Å². The average Bonchev–Trinajstić information content (AvgIpc) is 1.66. The van der Waals surface area contributed by atoms with Crippen molar-refractivity contribution in [2.24, 2.45) is 0 Å². The van der Waals surface area contributed by atoms with Gasteiger partial charge in [0.2, 0.25) is 0 Å². The molecule has 0 aromatic heterocycles. The SMILES string of the molecule is CCN[NH][Pd].O=[N+]([O-])O. The Bertz CT molecular complexity index is 64.1. The van der Waals surface area contributed by atoms with Crippen molar-refractivity contribution in [2.75, 3.05) is 6.54 Å². The van der Waals surface area contributed by atoms with Gasteiger partial charge >= 0.3 is 42.4 Å². The summed E-state index contributed by atoms with van der Waals surface area (Å²) in [5.41, 5.74) is 2.79. The summed E-state index contributed by atoms with van der Waals surface area (Å²) in [7, 11) is 0. The molecular weight excluding hydrogens is 220 g/mol. The monoisotopic (exact) mass is 228 g/mol. The normalized spacial score (nSPS) is 7.44. The summed E-state index contributed by atoms with van der Waals surface area (Å²) >= 11 is 2.73. The minimum atomic E-state index is -1.50. The zero-order valence-corrected chi connectivity index (χ0v) is 6.29. The van der Waals surface area contributed by atoms with Crippen LogP contribution in [0, 0.1) is 10.1 Å². The van der Waals surface area contributed by atoms with Crippen molar-refractivity contribution in [3.8, 4) is 0 Å². The standard InChI is InChI=1S/C2H7N2.HNO3.Pd/c1-2-4-3;2-1(3)4;/h3-4H,2H2,1H3;(H,2,3,4);/q-1;;+1. The van der Waals surface area contributed by atoms with E-state index in [1.54, 1.807) is 0 Å². The summed E-state index contributed by atoms with van der Waals surface area (Å²) in [4.78, 5) is 8.36. The fourth-order valence-electron chi connectivity index (χ4n) is 0.0559. The van der Waals surface area contributed by atoms with Crippen LogP contribution >= 0.6 is 0 Å². The van der Waals surface area contributed by atoms with Crippen molar-refractivity contribution in [3.63, 3.8) is 0 Å². The second kappa shape index (κ2) is 10.7. The number of hydrogen-bond donors (Lipinski definition) is 3. The summed E-state index contributed by atoms with van der Waals surface area (Å²) in [5, 5.41) is 13.6. The Kier molecular flexibility index (Phi) is 13.8. The van der Waals surface area contributed by atoms with Crippen molar-refractivity contribution >= 4 is 0 Å². The third-order valence-electron chi connectivity index (χ3n) is 0.233. The minimum Gasteiger partial charge on any atom is -0.328 e. The average molecular weight is 229 g/mol. The van der Waals surface area contributed by atoms with Crippen LogP contribution < -0.4 is 9.49 Å². The quantitative estimate of drug-likeness (QED) is 0.328. The number of hydrazine groups is 1. The van der Waals surface area contributed by atoms with Crippen molar-refractivity contribution in [1.29, 1.82) is 0 Å². The van der Waals surface area contributed by atoms with Crippen LogP contribution in [0.25, 0.3) is 0 Å². The number of rotatable bonds is 2. The second-order valence-corrected chi connectivity index (χ2v) is 1.24. The summed E-state index contributed by atoms with van der Waals surface area (Å²) in [6, 6.07) is 0. The van der Waals surface area contributed by atoms with Gasteiger partial charge in [-0.2, -0.15) is 0 Å². The van der Waals surface area contributed by atoms with Gasteiger partial charge in [0.25, 0.3) is 5.09 Å². The number of nitrogens with zero attached hydrogens (tertiary/aromatic N) is 1. The summed E-state index contributed by atoms with van der Waals surface area (Å²) in [6.45, 7) is 2.96. The molecule has 0 aromatic rings. The van der Waals surface area contributed by atoms with Gasteiger partial charge in [-0.25, -0.2) is 0 Å². The molecule has 7 heteroatoms. The molecule has 59 valence electrons. The molecule has 9 heavy (non-hydrogen) atoms. The fraction of sp³-hybridized carbons (Fsp3) is 1.00. The van der Waals surface area contributed by atoms with Crippen LogP contribution in [0.15, 0.2) is 0 Å². The summed E-state index contributed by atoms with van der Waals surface area (Å²) in [6.07, 6.45) is 0. The van der Waals surface area contributed by atoms with Gasteiger partial charge in [0.15, 0.2) is 0 Å². The van der Waals surface area contributed by atoms with Gasteiger partial charge in [0.1, 0.15) is 0 Å². The molecule has 0 radical (unpaired) electrons. The van der Waals surface area contributed by atoms with Crippen LogP contribution in [-0.4, -0.2) is 16.8 Å². The molecule has 0 aliphatic heterocycles. The van der Waals surface area contributed by atoms with E-state index in [0.717, 1.165) is 6.54 Å². The fourth-order valence-corrected chi connectivity index (χ4v) is 0.331. The van der Waals surface area contributed by atoms with Crippen LogP contribution in [0.5, 0.6) is 0 Å². The van der Waals surface area contributed by atoms with Crippen molar-refractivity contribution < 1.29 is 29.7 Å². The van der Waals surface area contributed by atoms with E-state index in [9.17, 15) is 0 Å². The molecule has 0 saturated carbocycles. The molecule has 0 rings (SSSR count). The van der Waals surface area contributed by atoms with E-state index in [-0.39, 0.29) is 0 Å². The third-order valence-corrected chi connectivity index (χ3v) is 0.507. The Labute approximate surface area is 63.4 Å². The first-order chi connectivity index (χ1) is 4.15. The predicted molar refractivity (Wildman–Crippen MR) is 25.6 cm³/mol. The maximum atomic E-state index is 8.36. The maximum Gasteiger partial charge on any atom is 0.291 e. The van der Waals surface area contributed by atoms with Gasteiger partial charge in [-0.05, 0) is 0 Å². The topological polar surface area (TPSA) is 87.4 Å². The molecular formula is C2H8N3O3Pd. The molecule has 0 unspecified atom stereocenters. The maximum absolute atomic E-state index is 8.36. The zero-order valence-electron chi connectivity index (χ0n) is 4.73. The molecule has 0 aliphatic carbocycles. The molecule has 0 fully saturated rings. The largest absolute Gasteiger partial charge is 0.328 e. The van der Waals surface area contributed by atoms with Gasteiger partial charge in [-0.1, -0.05) is 0 Å². The first kappa shape index (κ1) is 11.6. The Balaban J connectivity index is 0. The second-order valence-electron chi connectivity index (χ2n) is 0.847. The first-order valence-corrected chi connectivity index (χ1v) is 2.81. The molecule has 0 aliphatic rings. The molecule has 0 amide bonds. The van der Waals surface area contributed by atoms with Crippen molar-refractivity contribution in [3.05, 3.63) is 10.1 Å². The third kappa shape index (κ3) is 81.9. The van der Waals surface area contributed by atoms with E-state index in [1.807, 2.05) is 6.92 Å². The van der Waals surface area contributed by atoms with Crippen LogP contribution in [0.3, 0.4) is 0 Å². The molecule has 0 atom stereocenters. The molecule has 6 nitrogen and oxygen atoms in total. The Morgan fingerprint density at radius 1 is 1.89 bits per heavy atom. The zero-order chi connectivity index (χ0) is 7.70. The number of nitrogens with one attached hydrogen (secondary N) is 2. The molecule has 3 N–H and O–H groups in total. The van der Waals surface area contributed by atoms with Crippen LogP contribution in [-0.2, 0) is 19.4 Å². The molecule has 0 heterocycles. The molecule has 0 bridgehead atoms. The van der Waals surface area contributed by atoms with Crippen LogP contribution in [0.4, 0.5) is 0 Å². The van der Waals surface area contributed by atoms with Crippen LogP contribution in [0.1, 0.15) is 6.92 Å². The van der Waals surface area contributed by atoms with Gasteiger partial charge in [0.05, 0.1) is 0 Å². The van der Waals surface area contributed by atoms with Crippen molar-refractivity contribution in [1.82, 2.24) is 9.49 Å². The number of hydrogen-bond acceptors (Lipinski definition) is 4. The van der Waals surface area contributed by atoms with E-state index < -0.39 is 5.09 Å². The van der Waals surface area contributed by atoms with Gasteiger partial charge in [-0.3, -0.25) is 0 Å². The van der Waals surface area contributed by atoms with E-state index in [0.29, 0.717) is 0 Å². The van der Waals surface area contributed by atoms with Crippen molar-refractivity contribution in [2.45, 2.75) is 6.92 Å². The summed E-state index contributed by atoms with van der Waals surface area (Å²) in [5.74, 6) is 0. The molecule has 0 spiro atoms. The van der Waals surface area contributed by atoms with E-state index in [1.165, 1.54) is 0 Å². The first-order valence-electron chi connectivity index (χ1n) is 2.03. The van der Waals surface area contributed by atoms with Gasteiger partial charge < -0.3 is 5.21 Å². The smallest absolute Gasteiger partial charge is 0.291 e. The van der Waals surface area contributed by atoms with E-state index >= 15 is 0 Å². The minimum absolute atomic E-state index is 0.945. The Hall–Kier alpha value is -0.218. The molecule has 0 aromatic carbocycles. The van der Waals surface area contributed by atoms with Crippen LogP contribution in [0.2, 0.25) is 0 Å². The van der Waals surface area contributed by atoms with Gasteiger partial charge in [0, 0.05) is 0 Å². The van der Waals surface area contributed by atoms with Gasteiger partial charge in [-0.15, -0.1) is 10.1 Å². The Morgan fingerprint density at radius 2 is 2.22 bits per heavy atom.